The summed E-state index contributed by atoms with van der Waals surface area (Å²) < 4.78 is 0. The Hall–Kier alpha value is -1.51. The number of hydrogen-bond acceptors (Lipinski definition) is 2. The van der Waals surface area contributed by atoms with Gasteiger partial charge in [-0.1, -0.05) is 46.1 Å². The average molecular weight is 363 g/mol. The van der Waals surface area contributed by atoms with Gasteiger partial charge in [0.25, 0.3) is 0 Å². The van der Waals surface area contributed by atoms with Gasteiger partial charge in [0.05, 0.1) is 5.41 Å². The lowest BCUT2D eigenvalue weighted by molar-refractivity contribution is -0.147. The van der Waals surface area contributed by atoms with Gasteiger partial charge in [0.15, 0.2) is 0 Å². The van der Waals surface area contributed by atoms with E-state index in [9.17, 15) is 9.90 Å². The van der Waals surface area contributed by atoms with Gasteiger partial charge in [0.2, 0.25) is 0 Å². The van der Waals surface area contributed by atoms with Crippen molar-refractivity contribution in [1.29, 1.82) is 0 Å². The maximum Gasteiger partial charge on any atom is 0.309 e. The highest BCUT2D eigenvalue weighted by molar-refractivity contribution is 5.73. The fourth-order valence-electron chi connectivity index (χ4n) is 3.23. The van der Waals surface area contributed by atoms with E-state index >= 15 is 0 Å². The van der Waals surface area contributed by atoms with E-state index in [-0.39, 0.29) is 0 Å². The summed E-state index contributed by atoms with van der Waals surface area (Å²) in [5.74, 6) is -0.381. The monoisotopic (exact) mass is 362 g/mol. The van der Waals surface area contributed by atoms with Gasteiger partial charge < -0.3 is 10.2 Å². The molecule has 1 aromatic carbocycles. The molecule has 0 radical (unpaired) electrons. The van der Waals surface area contributed by atoms with Crippen LogP contribution in [0.15, 0.2) is 18.2 Å². The summed E-state index contributed by atoms with van der Waals surface area (Å²) in [6, 6.07) is 5.76. The van der Waals surface area contributed by atoms with Crippen molar-refractivity contribution in [3.05, 3.63) is 29.3 Å². The summed E-state index contributed by atoms with van der Waals surface area (Å²) in [4.78, 5) is 11.1. The second kappa shape index (κ2) is 9.99. The molecule has 0 heterocycles. The molecule has 0 aliphatic heterocycles. The molecule has 0 saturated heterocycles. The normalized spacial score (nSPS) is 12.3. The lowest BCUT2D eigenvalue weighted by Gasteiger charge is -2.19. The highest BCUT2D eigenvalue weighted by Crippen LogP contribution is 2.26. The van der Waals surface area contributed by atoms with Crippen LogP contribution in [0, 0.1) is 10.8 Å². The molecule has 2 N–H and O–H groups in total. The first-order valence-corrected chi connectivity index (χ1v) is 10.1. The fraction of sp³-hybridized carbons (Fsp3) is 0.696. The smallest absolute Gasteiger partial charge is 0.309 e. The Morgan fingerprint density at radius 1 is 0.846 bits per heavy atom. The van der Waals surface area contributed by atoms with Crippen LogP contribution in [0.25, 0.3) is 0 Å². The zero-order valence-electron chi connectivity index (χ0n) is 17.4. The molecule has 0 aliphatic rings. The number of phenolic OH excluding ortho intramolecular Hbond substituents is 1. The van der Waals surface area contributed by atoms with Crippen molar-refractivity contribution in [2.24, 2.45) is 10.8 Å². The quantitative estimate of drug-likeness (QED) is 0.450. The van der Waals surface area contributed by atoms with Gasteiger partial charge in [-0.2, -0.15) is 0 Å². The number of rotatable bonds is 11. The largest absolute Gasteiger partial charge is 0.508 e. The molecule has 0 atom stereocenters. The molecule has 148 valence electrons. The van der Waals surface area contributed by atoms with Gasteiger partial charge in [0.1, 0.15) is 5.75 Å². The van der Waals surface area contributed by atoms with Gasteiger partial charge in [-0.05, 0) is 81.0 Å². The number of hydrogen-bond donors (Lipinski definition) is 2. The van der Waals surface area contributed by atoms with Crippen LogP contribution in [0.5, 0.6) is 5.75 Å². The van der Waals surface area contributed by atoms with Crippen LogP contribution in [0.1, 0.15) is 90.7 Å². The molecule has 3 heteroatoms. The third-order valence-corrected chi connectivity index (χ3v) is 5.14. The molecule has 3 nitrogen and oxygen atoms in total. The first-order chi connectivity index (χ1) is 12.0. The van der Waals surface area contributed by atoms with E-state index in [4.69, 9.17) is 5.11 Å². The summed E-state index contributed by atoms with van der Waals surface area (Å²) in [6.45, 7) is 10.4. The molecule has 1 aromatic rings. The van der Waals surface area contributed by atoms with Crippen LogP contribution in [0.4, 0.5) is 0 Å². The Morgan fingerprint density at radius 3 is 2.04 bits per heavy atom. The molecular formula is C23H38O3. The summed E-state index contributed by atoms with van der Waals surface area (Å²) in [5, 5.41) is 19.0. The van der Waals surface area contributed by atoms with Crippen molar-refractivity contribution < 1.29 is 15.0 Å². The van der Waals surface area contributed by atoms with Crippen LogP contribution in [-0.4, -0.2) is 16.2 Å². The molecule has 0 amide bonds. The first kappa shape index (κ1) is 22.5. The number of carbonyl (C=O) groups is 1. The highest BCUT2D eigenvalue weighted by Gasteiger charge is 2.25. The van der Waals surface area contributed by atoms with Gasteiger partial charge in [0, 0.05) is 0 Å². The highest BCUT2D eigenvalue weighted by atomic mass is 16.4. The number of unbranched alkanes of at least 4 members (excludes halogenated alkanes) is 3. The fourth-order valence-corrected chi connectivity index (χ4v) is 3.23. The molecule has 0 fully saturated rings. The number of phenols is 1. The molecule has 0 aromatic heterocycles. The van der Waals surface area contributed by atoms with Crippen molar-refractivity contribution in [3.8, 4) is 5.75 Å². The predicted octanol–water partition coefficient (Wildman–Crippen LogP) is 6.36. The topological polar surface area (TPSA) is 57.5 Å². The molecule has 0 aliphatic carbocycles. The Morgan fingerprint density at radius 2 is 1.42 bits per heavy atom. The number of aliphatic carboxylic acids is 1. The summed E-state index contributed by atoms with van der Waals surface area (Å²) in [7, 11) is 0. The van der Waals surface area contributed by atoms with Crippen LogP contribution in [0.2, 0.25) is 0 Å². The molecule has 0 saturated carbocycles. The minimum atomic E-state index is -0.719. The molecule has 0 unspecified atom stereocenters. The number of aromatic hydroxyl groups is 1. The summed E-state index contributed by atoms with van der Waals surface area (Å²) >= 11 is 0. The molecule has 1 rings (SSSR count). The van der Waals surface area contributed by atoms with Crippen molar-refractivity contribution in [2.75, 3.05) is 0 Å². The molecule has 26 heavy (non-hydrogen) atoms. The van der Waals surface area contributed by atoms with Gasteiger partial charge in [-0.3, -0.25) is 4.79 Å². The second-order valence-electron chi connectivity index (χ2n) is 9.47. The van der Waals surface area contributed by atoms with E-state index in [1.54, 1.807) is 19.9 Å². The van der Waals surface area contributed by atoms with E-state index in [1.165, 1.54) is 30.4 Å². The van der Waals surface area contributed by atoms with Crippen LogP contribution in [0.3, 0.4) is 0 Å². The maximum atomic E-state index is 11.1. The SMILES string of the molecule is CC(C)(C)CCCCc1ccc(O)cc1CCCCCC(C)(C)C(=O)O. The maximum absolute atomic E-state index is 11.1. The number of benzene rings is 1. The molecule has 0 bridgehead atoms. The van der Waals surface area contributed by atoms with Crippen molar-refractivity contribution in [2.45, 2.75) is 92.4 Å². The van der Waals surface area contributed by atoms with E-state index in [0.717, 1.165) is 32.1 Å². The number of aryl methyl sites for hydroxylation is 2. The first-order valence-electron chi connectivity index (χ1n) is 10.1. The van der Waals surface area contributed by atoms with E-state index in [1.807, 2.05) is 6.07 Å². The molecular weight excluding hydrogens is 324 g/mol. The second-order valence-corrected chi connectivity index (χ2v) is 9.47. The third-order valence-electron chi connectivity index (χ3n) is 5.14. The number of carboxylic acid groups (broad SMARTS) is 1. The van der Waals surface area contributed by atoms with Crippen molar-refractivity contribution >= 4 is 5.97 Å². The lowest BCUT2D eigenvalue weighted by Crippen LogP contribution is -2.23. The van der Waals surface area contributed by atoms with Crippen LogP contribution >= 0.6 is 0 Å². The van der Waals surface area contributed by atoms with E-state index < -0.39 is 11.4 Å². The van der Waals surface area contributed by atoms with Crippen LogP contribution in [-0.2, 0) is 17.6 Å². The molecule has 0 spiro atoms. The standard InChI is InChI=1S/C23H38O3/c1-22(2,3)15-10-8-11-18-13-14-20(24)17-19(18)12-7-6-9-16-23(4,5)21(25)26/h13-14,17,24H,6-12,15-16H2,1-5H3,(H,25,26). The summed E-state index contributed by atoms with van der Waals surface area (Å²) in [5.41, 5.74) is 2.35. The zero-order chi connectivity index (χ0) is 19.8. The lowest BCUT2D eigenvalue weighted by atomic mass is 9.86. The number of carboxylic acids is 1. The van der Waals surface area contributed by atoms with E-state index in [0.29, 0.717) is 17.6 Å². The van der Waals surface area contributed by atoms with Crippen LogP contribution < -0.4 is 0 Å². The minimum Gasteiger partial charge on any atom is -0.508 e. The Labute approximate surface area is 159 Å². The summed E-state index contributed by atoms with van der Waals surface area (Å²) in [6.07, 6.45) is 9.37. The van der Waals surface area contributed by atoms with Crippen molar-refractivity contribution in [1.82, 2.24) is 0 Å². The Kier molecular flexibility index (Phi) is 8.66. The predicted molar refractivity (Wildman–Crippen MR) is 109 cm³/mol. The third kappa shape index (κ3) is 8.73. The Bertz CT molecular complexity index is 567. The average Bonchev–Trinajstić information content (AvgIpc) is 2.51. The van der Waals surface area contributed by atoms with Gasteiger partial charge >= 0.3 is 5.97 Å². The van der Waals surface area contributed by atoms with Gasteiger partial charge in [-0.25, -0.2) is 0 Å². The Balaban J connectivity index is 2.45. The zero-order valence-corrected chi connectivity index (χ0v) is 17.4. The van der Waals surface area contributed by atoms with E-state index in [2.05, 4.69) is 26.8 Å². The minimum absolute atomic E-state index is 0.338. The van der Waals surface area contributed by atoms with Crippen molar-refractivity contribution in [3.63, 3.8) is 0 Å². The van der Waals surface area contributed by atoms with Gasteiger partial charge in [-0.15, -0.1) is 0 Å².